The molecule has 0 fully saturated rings. The fourth-order valence-electron chi connectivity index (χ4n) is 4.54. The molecule has 0 radical (unpaired) electrons. The zero-order valence-electron chi connectivity index (χ0n) is 26.4. The van der Waals surface area contributed by atoms with Crippen LogP contribution >= 0.6 is 0 Å². The van der Waals surface area contributed by atoms with Crippen LogP contribution in [0.5, 0.6) is 11.5 Å². The van der Waals surface area contributed by atoms with Gasteiger partial charge >= 0.3 is 0 Å². The molecule has 0 aliphatic heterocycles. The van der Waals surface area contributed by atoms with Crippen molar-refractivity contribution in [3.05, 3.63) is 83.2 Å². The number of aliphatic hydroxyl groups excluding tert-OH is 1. The summed E-state index contributed by atoms with van der Waals surface area (Å²) < 4.78 is 0. The van der Waals surface area contributed by atoms with Crippen LogP contribution in [-0.2, 0) is 4.79 Å². The zero-order chi connectivity index (χ0) is 30.9. The summed E-state index contributed by atoms with van der Waals surface area (Å²) in [5, 5.41) is 31.6. The average molecular weight is 565 g/mol. The lowest BCUT2D eigenvalue weighted by atomic mass is 10.1. The Labute approximate surface area is 248 Å². The molecule has 1 aliphatic carbocycles. The van der Waals surface area contributed by atoms with E-state index >= 15 is 0 Å². The maximum Gasteiger partial charge on any atom is 0.224 e. The van der Waals surface area contributed by atoms with Gasteiger partial charge < -0.3 is 25.1 Å². The molecule has 0 aromatic heterocycles. The Hall–Kier alpha value is -3.67. The first-order valence-electron chi connectivity index (χ1n) is 14.8. The van der Waals surface area contributed by atoms with Crippen LogP contribution in [0, 0.1) is 0 Å². The van der Waals surface area contributed by atoms with E-state index in [4.69, 9.17) is 0 Å². The summed E-state index contributed by atoms with van der Waals surface area (Å²) in [4.78, 5) is 16.4. The molecule has 1 aliphatic rings. The van der Waals surface area contributed by atoms with Crippen molar-refractivity contribution in [2.45, 2.75) is 93.5 Å². The van der Waals surface area contributed by atoms with Gasteiger partial charge in [0.1, 0.15) is 22.9 Å². The number of aliphatic hydroxyl groups is 1. The second kappa shape index (κ2) is 18.6. The number of benzene rings is 1. The summed E-state index contributed by atoms with van der Waals surface area (Å²) in [5.74, 6) is -0.334. The number of nitrogens with zero attached hydrogens (tertiary/aromatic N) is 2. The monoisotopic (exact) mass is 564 g/mol. The van der Waals surface area contributed by atoms with E-state index in [1.54, 1.807) is 23.1 Å². The molecule has 0 saturated carbocycles. The van der Waals surface area contributed by atoms with Crippen LogP contribution in [0.15, 0.2) is 83.2 Å². The van der Waals surface area contributed by atoms with Crippen molar-refractivity contribution in [3.8, 4) is 11.5 Å². The van der Waals surface area contributed by atoms with Gasteiger partial charge in [-0.15, -0.1) is 0 Å². The van der Waals surface area contributed by atoms with Crippen molar-refractivity contribution < 1.29 is 20.1 Å². The molecule has 6 heteroatoms. The highest BCUT2D eigenvalue weighted by Gasteiger charge is 2.26. The highest BCUT2D eigenvalue weighted by Crippen LogP contribution is 2.43. The number of carbonyl (C=O) groups is 1. The van der Waals surface area contributed by atoms with Crippen molar-refractivity contribution in [3.63, 3.8) is 0 Å². The van der Waals surface area contributed by atoms with Gasteiger partial charge in [0.05, 0.1) is 11.7 Å². The standard InChI is InChI=1S/C33H46N2O4.C2H6/c1-7-19-35(28-16-8-9-17-29(37)21-28)33-31(22-30(38)23-32(33)39)34(27(6)36)20-18-26(5)15-11-14-25(4)13-10-12-24(2)3;1-2/h8-9,12,14,16-18,21-23,28,37-39H,7,10-11,13,15,19-20H2,1-6H3;1-2H3/b25-14+,26-18+;. The number of rotatable bonds is 13. The normalized spacial score (nSPS) is 14.9. The summed E-state index contributed by atoms with van der Waals surface area (Å²) in [7, 11) is 0. The molecule has 0 bridgehead atoms. The van der Waals surface area contributed by atoms with Gasteiger partial charge in [-0.25, -0.2) is 0 Å². The maximum atomic E-state index is 12.9. The Morgan fingerprint density at radius 3 is 2.15 bits per heavy atom. The van der Waals surface area contributed by atoms with Gasteiger partial charge in [0.2, 0.25) is 5.91 Å². The van der Waals surface area contributed by atoms with Crippen LogP contribution < -0.4 is 9.80 Å². The third kappa shape index (κ3) is 12.2. The fourth-order valence-corrected chi connectivity index (χ4v) is 4.54. The minimum Gasteiger partial charge on any atom is -0.508 e. The number of hydrogen-bond donors (Lipinski definition) is 3. The lowest BCUT2D eigenvalue weighted by Crippen LogP contribution is -2.37. The number of amides is 1. The molecule has 3 N–H and O–H groups in total. The Morgan fingerprint density at radius 2 is 1.54 bits per heavy atom. The van der Waals surface area contributed by atoms with E-state index in [2.05, 4.69) is 39.8 Å². The highest BCUT2D eigenvalue weighted by atomic mass is 16.3. The smallest absolute Gasteiger partial charge is 0.224 e. The molecule has 0 heterocycles. The van der Waals surface area contributed by atoms with E-state index in [9.17, 15) is 20.1 Å². The molecule has 1 aromatic rings. The van der Waals surface area contributed by atoms with Gasteiger partial charge in [-0.3, -0.25) is 4.79 Å². The number of allylic oxidation sites excluding steroid dienone is 8. The van der Waals surface area contributed by atoms with E-state index in [0.717, 1.165) is 37.7 Å². The number of hydrogen-bond acceptors (Lipinski definition) is 5. The van der Waals surface area contributed by atoms with E-state index < -0.39 is 0 Å². The van der Waals surface area contributed by atoms with Crippen LogP contribution in [0.4, 0.5) is 11.4 Å². The minimum absolute atomic E-state index is 0.120. The van der Waals surface area contributed by atoms with Crippen LogP contribution in [0.2, 0.25) is 0 Å². The van der Waals surface area contributed by atoms with Crippen LogP contribution in [0.3, 0.4) is 0 Å². The van der Waals surface area contributed by atoms with Crippen molar-refractivity contribution in [2.75, 3.05) is 22.9 Å². The topological polar surface area (TPSA) is 84.2 Å². The number of anilines is 2. The Balaban J connectivity index is 0.00000411. The second-order valence-electron chi connectivity index (χ2n) is 10.4. The third-order valence-corrected chi connectivity index (χ3v) is 6.61. The van der Waals surface area contributed by atoms with E-state index in [1.165, 1.54) is 30.2 Å². The molecule has 41 heavy (non-hydrogen) atoms. The number of aromatic hydroxyl groups is 2. The van der Waals surface area contributed by atoms with Gasteiger partial charge in [-0.1, -0.05) is 73.9 Å². The Bertz CT molecular complexity index is 1170. The minimum atomic E-state index is -0.355. The van der Waals surface area contributed by atoms with Gasteiger partial charge in [0.15, 0.2) is 0 Å². The summed E-state index contributed by atoms with van der Waals surface area (Å²) in [6, 6.07) is 2.45. The van der Waals surface area contributed by atoms with Crippen molar-refractivity contribution in [1.82, 2.24) is 0 Å². The van der Waals surface area contributed by atoms with Gasteiger partial charge in [0, 0.05) is 32.1 Å². The lowest BCUT2D eigenvalue weighted by molar-refractivity contribution is -0.116. The second-order valence-corrected chi connectivity index (χ2v) is 10.4. The van der Waals surface area contributed by atoms with Crippen molar-refractivity contribution in [1.29, 1.82) is 0 Å². The summed E-state index contributed by atoms with van der Waals surface area (Å²) >= 11 is 0. The predicted molar refractivity (Wildman–Crippen MR) is 175 cm³/mol. The first-order chi connectivity index (χ1) is 19.5. The predicted octanol–water partition coefficient (Wildman–Crippen LogP) is 9.05. The Morgan fingerprint density at radius 1 is 0.902 bits per heavy atom. The molecule has 1 aromatic carbocycles. The highest BCUT2D eigenvalue weighted by molar-refractivity contribution is 5.97. The van der Waals surface area contributed by atoms with E-state index in [-0.39, 0.29) is 29.2 Å². The number of phenolic OH excluding ortho intramolecular Hbond substituents is 2. The number of phenols is 2. The fraction of sp³-hybridized carbons (Fsp3) is 0.457. The first-order valence-corrected chi connectivity index (χ1v) is 14.8. The molecule has 6 nitrogen and oxygen atoms in total. The van der Waals surface area contributed by atoms with Crippen LogP contribution in [-0.4, -0.2) is 40.4 Å². The molecular weight excluding hydrogens is 512 g/mol. The maximum absolute atomic E-state index is 12.9. The first kappa shape index (κ1) is 35.4. The summed E-state index contributed by atoms with van der Waals surface area (Å²) in [6.07, 6.45) is 20.1. The largest absolute Gasteiger partial charge is 0.508 e. The van der Waals surface area contributed by atoms with Gasteiger partial charge in [-0.2, -0.15) is 0 Å². The molecule has 1 unspecified atom stereocenters. The summed E-state index contributed by atoms with van der Waals surface area (Å²) in [5.41, 5.74) is 4.74. The molecule has 1 amide bonds. The number of carbonyl (C=O) groups excluding carboxylic acids is 1. The zero-order valence-corrected chi connectivity index (χ0v) is 26.4. The molecule has 0 saturated heterocycles. The van der Waals surface area contributed by atoms with Gasteiger partial charge in [-0.05, 0) is 72.0 Å². The molecular formula is C35H52N2O4. The van der Waals surface area contributed by atoms with Gasteiger partial charge in [0.25, 0.3) is 0 Å². The van der Waals surface area contributed by atoms with E-state index in [1.807, 2.05) is 43.9 Å². The van der Waals surface area contributed by atoms with Crippen LogP contribution in [0.25, 0.3) is 0 Å². The average Bonchev–Trinajstić information content (AvgIpc) is 3.12. The SMILES string of the molecule is CC.CCCN(c1c(O)cc(O)cc1N(C/C=C(\C)CC/C=C(\C)CCC=C(C)C)C(C)=O)C1C=CC=CC(O)=C1. The summed E-state index contributed by atoms with van der Waals surface area (Å²) in [6.45, 7) is 16.8. The molecule has 226 valence electrons. The third-order valence-electron chi connectivity index (χ3n) is 6.61. The lowest BCUT2D eigenvalue weighted by Gasteiger charge is -2.34. The molecule has 2 rings (SSSR count). The molecule has 0 spiro atoms. The Kier molecular flexibility index (Phi) is 16.1. The van der Waals surface area contributed by atoms with Crippen LogP contribution in [0.1, 0.15) is 87.5 Å². The van der Waals surface area contributed by atoms with Crippen molar-refractivity contribution in [2.24, 2.45) is 0 Å². The van der Waals surface area contributed by atoms with Crippen molar-refractivity contribution >= 4 is 17.3 Å². The molecule has 1 atom stereocenters. The van der Waals surface area contributed by atoms with E-state index in [0.29, 0.717) is 24.5 Å². The quantitative estimate of drug-likeness (QED) is 0.208.